The Hall–Kier alpha value is -2.68. The number of carbonyl (C=O) groups is 1. The monoisotopic (exact) mass is 352 g/mol. The maximum atomic E-state index is 13.0. The molecular formula is C16H15F3N4O2. The van der Waals surface area contributed by atoms with Gasteiger partial charge in [-0.15, -0.1) is 0 Å². The Labute approximate surface area is 141 Å². The molecule has 2 aromatic rings. The molecule has 3 rings (SSSR count). The zero-order valence-corrected chi connectivity index (χ0v) is 13.1. The molecule has 1 fully saturated rings. The molecule has 1 aliphatic rings. The van der Waals surface area contributed by atoms with E-state index in [-0.39, 0.29) is 11.4 Å². The molecule has 6 nitrogen and oxygen atoms in total. The summed E-state index contributed by atoms with van der Waals surface area (Å²) in [6.45, 7) is 2.33. The van der Waals surface area contributed by atoms with Crippen LogP contribution in [0.1, 0.15) is 16.1 Å². The normalized spacial score (nSPS) is 15.1. The first-order valence-corrected chi connectivity index (χ1v) is 7.57. The molecule has 1 amide bonds. The summed E-state index contributed by atoms with van der Waals surface area (Å²) < 4.78 is 44.3. The van der Waals surface area contributed by atoms with Crippen LogP contribution in [0.4, 0.5) is 24.7 Å². The van der Waals surface area contributed by atoms with Gasteiger partial charge in [-0.25, -0.2) is 9.97 Å². The van der Waals surface area contributed by atoms with Crippen LogP contribution in [0.5, 0.6) is 0 Å². The van der Waals surface area contributed by atoms with Crippen molar-refractivity contribution in [2.45, 2.75) is 6.18 Å². The van der Waals surface area contributed by atoms with Crippen LogP contribution >= 0.6 is 0 Å². The largest absolute Gasteiger partial charge is 0.418 e. The van der Waals surface area contributed by atoms with Crippen LogP contribution in [0.15, 0.2) is 36.7 Å². The fourth-order valence-electron chi connectivity index (χ4n) is 2.46. The minimum absolute atomic E-state index is 0.00605. The van der Waals surface area contributed by atoms with E-state index in [2.05, 4.69) is 15.3 Å². The predicted octanol–water partition coefficient (Wildman–Crippen LogP) is 2.58. The van der Waals surface area contributed by atoms with Gasteiger partial charge in [-0.2, -0.15) is 13.2 Å². The molecule has 0 unspecified atom stereocenters. The number of nitrogens with zero attached hydrogens (tertiary/aromatic N) is 3. The molecule has 0 bridgehead atoms. The molecule has 0 atom stereocenters. The highest BCUT2D eigenvalue weighted by Crippen LogP contribution is 2.34. The van der Waals surface area contributed by atoms with Crippen molar-refractivity contribution in [2.75, 3.05) is 36.5 Å². The van der Waals surface area contributed by atoms with E-state index in [9.17, 15) is 18.0 Å². The van der Waals surface area contributed by atoms with Crippen molar-refractivity contribution < 1.29 is 22.7 Å². The highest BCUT2D eigenvalue weighted by Gasteiger charge is 2.33. The number of amides is 1. The lowest BCUT2D eigenvalue weighted by atomic mass is 10.1. The van der Waals surface area contributed by atoms with E-state index < -0.39 is 17.6 Å². The van der Waals surface area contributed by atoms with Crippen molar-refractivity contribution >= 4 is 17.4 Å². The maximum Gasteiger partial charge on any atom is 0.418 e. The molecule has 1 aromatic carbocycles. The van der Waals surface area contributed by atoms with Gasteiger partial charge in [0.05, 0.1) is 24.5 Å². The molecule has 1 aliphatic heterocycles. The summed E-state index contributed by atoms with van der Waals surface area (Å²) in [4.78, 5) is 22.2. The van der Waals surface area contributed by atoms with Crippen molar-refractivity contribution in [1.29, 1.82) is 0 Å². The summed E-state index contributed by atoms with van der Waals surface area (Å²) in [6, 6.07) is 6.25. The lowest BCUT2D eigenvalue weighted by molar-refractivity contribution is -0.136. The number of halogens is 3. The summed E-state index contributed by atoms with van der Waals surface area (Å²) >= 11 is 0. The Balaban J connectivity index is 1.80. The highest BCUT2D eigenvalue weighted by molar-refractivity contribution is 6.03. The number of alkyl halides is 3. The summed E-state index contributed by atoms with van der Waals surface area (Å²) in [5, 5.41) is 2.27. The van der Waals surface area contributed by atoms with Crippen LogP contribution in [0.2, 0.25) is 0 Å². The molecular weight excluding hydrogens is 337 g/mol. The Morgan fingerprint density at radius 3 is 2.60 bits per heavy atom. The van der Waals surface area contributed by atoms with E-state index in [4.69, 9.17) is 4.74 Å². The lowest BCUT2D eigenvalue weighted by Gasteiger charge is -2.27. The van der Waals surface area contributed by atoms with E-state index in [1.807, 2.05) is 4.90 Å². The van der Waals surface area contributed by atoms with Crippen LogP contribution in [0.3, 0.4) is 0 Å². The first-order chi connectivity index (χ1) is 11.9. The number of carbonyl (C=O) groups excluding carboxylic acids is 1. The van der Waals surface area contributed by atoms with Crippen LogP contribution in [-0.4, -0.2) is 42.2 Å². The van der Waals surface area contributed by atoms with Crippen LogP contribution in [-0.2, 0) is 10.9 Å². The van der Waals surface area contributed by atoms with E-state index in [1.54, 1.807) is 0 Å². The smallest absolute Gasteiger partial charge is 0.378 e. The topological polar surface area (TPSA) is 67.4 Å². The number of anilines is 2. The van der Waals surface area contributed by atoms with Crippen LogP contribution < -0.4 is 10.2 Å². The summed E-state index contributed by atoms with van der Waals surface area (Å²) in [7, 11) is 0. The van der Waals surface area contributed by atoms with Gasteiger partial charge in [0.1, 0.15) is 17.8 Å². The lowest BCUT2D eigenvalue weighted by Crippen LogP contribution is -2.37. The molecule has 9 heteroatoms. The molecule has 25 heavy (non-hydrogen) atoms. The van der Waals surface area contributed by atoms with Crippen molar-refractivity contribution in [3.63, 3.8) is 0 Å². The van der Waals surface area contributed by atoms with Gasteiger partial charge in [0.2, 0.25) is 0 Å². The molecule has 0 aliphatic carbocycles. The van der Waals surface area contributed by atoms with Crippen molar-refractivity contribution in [1.82, 2.24) is 9.97 Å². The number of para-hydroxylation sites is 1. The fraction of sp³-hybridized carbons (Fsp3) is 0.312. The van der Waals surface area contributed by atoms with Crippen LogP contribution in [0, 0.1) is 0 Å². The first kappa shape index (κ1) is 17.2. The van der Waals surface area contributed by atoms with Gasteiger partial charge < -0.3 is 15.0 Å². The number of aromatic nitrogens is 2. The molecule has 1 saturated heterocycles. The number of rotatable bonds is 3. The first-order valence-electron chi connectivity index (χ1n) is 7.57. The van der Waals surface area contributed by atoms with E-state index in [0.29, 0.717) is 32.1 Å². The predicted molar refractivity (Wildman–Crippen MR) is 84.5 cm³/mol. The summed E-state index contributed by atoms with van der Waals surface area (Å²) in [5.74, 6) is -0.193. The number of ether oxygens (including phenoxy) is 1. The second kappa shape index (κ2) is 7.06. The molecule has 132 valence electrons. The summed E-state index contributed by atoms with van der Waals surface area (Å²) in [6.07, 6.45) is -3.34. The zero-order valence-electron chi connectivity index (χ0n) is 13.1. The Kier molecular flexibility index (Phi) is 4.84. The molecule has 1 N–H and O–H groups in total. The summed E-state index contributed by atoms with van der Waals surface area (Å²) in [5.41, 5.74) is -1.23. The van der Waals surface area contributed by atoms with E-state index in [1.165, 1.54) is 30.6 Å². The minimum Gasteiger partial charge on any atom is -0.378 e. The fourth-order valence-corrected chi connectivity index (χ4v) is 2.46. The van der Waals surface area contributed by atoms with Gasteiger partial charge >= 0.3 is 6.18 Å². The van der Waals surface area contributed by atoms with Gasteiger partial charge in [-0.05, 0) is 12.1 Å². The maximum absolute atomic E-state index is 13.0. The number of morpholine rings is 1. The third kappa shape index (κ3) is 4.05. The average Bonchev–Trinajstić information content (AvgIpc) is 2.62. The quantitative estimate of drug-likeness (QED) is 0.920. The molecule has 0 spiro atoms. The molecule has 1 aromatic heterocycles. The molecule has 0 saturated carbocycles. The number of benzene rings is 1. The van der Waals surface area contributed by atoms with E-state index in [0.717, 1.165) is 6.07 Å². The number of nitrogens with one attached hydrogen (secondary N) is 1. The van der Waals surface area contributed by atoms with Crippen LogP contribution in [0.25, 0.3) is 0 Å². The van der Waals surface area contributed by atoms with Crippen molar-refractivity contribution in [2.24, 2.45) is 0 Å². The second-order valence-electron chi connectivity index (χ2n) is 5.36. The average molecular weight is 352 g/mol. The van der Waals surface area contributed by atoms with E-state index >= 15 is 0 Å². The van der Waals surface area contributed by atoms with Crippen molar-refractivity contribution in [3.05, 3.63) is 47.9 Å². The third-order valence-electron chi connectivity index (χ3n) is 3.70. The second-order valence-corrected chi connectivity index (χ2v) is 5.36. The Morgan fingerprint density at radius 1 is 1.16 bits per heavy atom. The standard InChI is InChI=1S/C16H15F3N4O2/c17-16(18,19)11-3-1-2-4-12(11)22-15(24)13-9-14(21-10-20-13)23-5-7-25-8-6-23/h1-4,9-10H,5-8H2,(H,22,24). The SMILES string of the molecule is O=C(Nc1ccccc1C(F)(F)F)c1cc(N2CCOCC2)ncn1. The third-order valence-corrected chi connectivity index (χ3v) is 3.70. The minimum atomic E-state index is -4.56. The Morgan fingerprint density at radius 2 is 1.88 bits per heavy atom. The van der Waals surface area contributed by atoms with Crippen molar-refractivity contribution in [3.8, 4) is 0 Å². The zero-order chi connectivity index (χ0) is 17.9. The van der Waals surface area contributed by atoms with Gasteiger partial charge in [0, 0.05) is 19.2 Å². The highest BCUT2D eigenvalue weighted by atomic mass is 19.4. The number of hydrogen-bond acceptors (Lipinski definition) is 5. The van der Waals surface area contributed by atoms with Gasteiger partial charge in [-0.3, -0.25) is 4.79 Å². The Bertz CT molecular complexity index is 761. The number of hydrogen-bond donors (Lipinski definition) is 1. The molecule has 2 heterocycles. The van der Waals surface area contributed by atoms with Gasteiger partial charge in [0.15, 0.2) is 0 Å². The van der Waals surface area contributed by atoms with Gasteiger partial charge in [-0.1, -0.05) is 12.1 Å². The molecule has 0 radical (unpaired) electrons. The van der Waals surface area contributed by atoms with Gasteiger partial charge in [0.25, 0.3) is 5.91 Å².